The topological polar surface area (TPSA) is 73.6 Å². The summed E-state index contributed by atoms with van der Waals surface area (Å²) in [7, 11) is 0. The van der Waals surface area contributed by atoms with Gasteiger partial charge in [0.15, 0.2) is 5.82 Å². The van der Waals surface area contributed by atoms with Gasteiger partial charge >= 0.3 is 0 Å². The number of aromatic amines is 2. The number of carbonyl (C=O) groups is 1. The van der Waals surface area contributed by atoms with Crippen molar-refractivity contribution < 1.29 is 4.79 Å². The molecule has 96 valence electrons. The third kappa shape index (κ3) is 1.99. The van der Waals surface area contributed by atoms with Crippen LogP contribution < -0.4 is 5.32 Å². The van der Waals surface area contributed by atoms with Gasteiger partial charge in [-0.1, -0.05) is 0 Å². The molecule has 0 aliphatic carbocycles. The number of hydrogen-bond acceptors (Lipinski definition) is 2. The quantitative estimate of drug-likeness (QED) is 0.658. The monoisotopic (exact) mass is 254 g/mol. The largest absolute Gasteiger partial charge is 0.361 e. The summed E-state index contributed by atoms with van der Waals surface area (Å²) >= 11 is 0. The van der Waals surface area contributed by atoms with E-state index in [0.29, 0.717) is 11.4 Å². The Balaban J connectivity index is 1.89. The third-order valence-corrected chi connectivity index (χ3v) is 3.30. The molecule has 0 radical (unpaired) electrons. The minimum atomic E-state index is -0.155. The van der Waals surface area contributed by atoms with Crippen LogP contribution in [0.3, 0.4) is 0 Å². The van der Waals surface area contributed by atoms with E-state index < -0.39 is 0 Å². The van der Waals surface area contributed by atoms with Crippen molar-refractivity contribution >= 4 is 22.6 Å². The van der Waals surface area contributed by atoms with Crippen LogP contribution in [-0.4, -0.2) is 21.1 Å². The first-order valence-corrected chi connectivity index (χ1v) is 6.05. The highest BCUT2D eigenvalue weighted by atomic mass is 16.1. The fourth-order valence-electron chi connectivity index (χ4n) is 1.98. The van der Waals surface area contributed by atoms with Crippen LogP contribution in [0.1, 0.15) is 21.6 Å². The van der Waals surface area contributed by atoms with E-state index in [1.54, 1.807) is 6.07 Å². The van der Waals surface area contributed by atoms with Crippen molar-refractivity contribution in [2.24, 2.45) is 0 Å². The number of aromatic nitrogens is 3. The number of carbonyl (C=O) groups excluding carboxylic acids is 1. The Morgan fingerprint density at radius 2 is 2.11 bits per heavy atom. The van der Waals surface area contributed by atoms with Crippen LogP contribution in [0.25, 0.3) is 10.9 Å². The number of H-pyrrole nitrogens is 2. The second-order valence-electron chi connectivity index (χ2n) is 4.56. The summed E-state index contributed by atoms with van der Waals surface area (Å²) in [6.45, 7) is 3.84. The van der Waals surface area contributed by atoms with E-state index in [-0.39, 0.29) is 5.91 Å². The first kappa shape index (κ1) is 11.5. The summed E-state index contributed by atoms with van der Waals surface area (Å²) in [5.74, 6) is 0.425. The summed E-state index contributed by atoms with van der Waals surface area (Å²) in [5.41, 5.74) is 3.54. The highest BCUT2D eigenvalue weighted by Crippen LogP contribution is 2.17. The standard InChI is InChI=1S/C14H14N4O/c1-8-9(2)17-18-13(8)16-14(19)11-3-4-12-10(7-11)5-6-15-12/h3-7,15H,1-2H3,(H2,16,17,18,19). The molecular formula is C14H14N4O. The Morgan fingerprint density at radius 1 is 1.26 bits per heavy atom. The molecule has 5 nitrogen and oxygen atoms in total. The molecular weight excluding hydrogens is 240 g/mol. The normalized spacial score (nSPS) is 10.8. The maximum atomic E-state index is 12.2. The number of nitrogens with one attached hydrogen (secondary N) is 3. The second kappa shape index (κ2) is 4.28. The van der Waals surface area contributed by atoms with Gasteiger partial charge in [0.25, 0.3) is 5.91 Å². The lowest BCUT2D eigenvalue weighted by Gasteiger charge is -2.03. The van der Waals surface area contributed by atoms with Gasteiger partial charge in [-0.05, 0) is 38.1 Å². The molecule has 19 heavy (non-hydrogen) atoms. The Hall–Kier alpha value is -2.56. The second-order valence-corrected chi connectivity index (χ2v) is 4.56. The van der Waals surface area contributed by atoms with E-state index in [1.807, 2.05) is 38.2 Å². The van der Waals surface area contributed by atoms with Crippen molar-refractivity contribution in [3.63, 3.8) is 0 Å². The Labute approximate surface area is 110 Å². The van der Waals surface area contributed by atoms with Gasteiger partial charge in [0.1, 0.15) is 0 Å². The van der Waals surface area contributed by atoms with Crippen molar-refractivity contribution in [2.45, 2.75) is 13.8 Å². The number of benzene rings is 1. The SMILES string of the molecule is Cc1[nH]nc(NC(=O)c2ccc3[nH]ccc3c2)c1C. The van der Waals surface area contributed by atoms with E-state index in [4.69, 9.17) is 0 Å². The van der Waals surface area contributed by atoms with Gasteiger partial charge in [0, 0.05) is 33.9 Å². The first-order chi connectivity index (χ1) is 9.15. The van der Waals surface area contributed by atoms with E-state index in [2.05, 4.69) is 20.5 Å². The molecule has 1 amide bonds. The van der Waals surface area contributed by atoms with Gasteiger partial charge in [-0.2, -0.15) is 5.10 Å². The smallest absolute Gasteiger partial charge is 0.256 e. The molecule has 3 aromatic rings. The maximum Gasteiger partial charge on any atom is 0.256 e. The van der Waals surface area contributed by atoms with E-state index >= 15 is 0 Å². The van der Waals surface area contributed by atoms with Gasteiger partial charge in [-0.15, -0.1) is 0 Å². The number of fused-ring (bicyclic) bond motifs is 1. The number of amides is 1. The molecule has 2 heterocycles. The van der Waals surface area contributed by atoms with E-state index in [9.17, 15) is 4.79 Å². The zero-order chi connectivity index (χ0) is 13.4. The Bertz CT molecular complexity index is 754. The van der Waals surface area contributed by atoms with Crippen LogP contribution in [0.5, 0.6) is 0 Å². The van der Waals surface area contributed by atoms with Crippen LogP contribution in [0.4, 0.5) is 5.82 Å². The minimum Gasteiger partial charge on any atom is -0.361 e. The van der Waals surface area contributed by atoms with Gasteiger partial charge in [0.05, 0.1) is 0 Å². The number of nitrogens with zero attached hydrogens (tertiary/aromatic N) is 1. The van der Waals surface area contributed by atoms with Crippen LogP contribution in [-0.2, 0) is 0 Å². The van der Waals surface area contributed by atoms with Crippen LogP contribution in [0.15, 0.2) is 30.5 Å². The number of rotatable bonds is 2. The zero-order valence-corrected chi connectivity index (χ0v) is 10.7. The highest BCUT2D eigenvalue weighted by molar-refractivity contribution is 6.06. The van der Waals surface area contributed by atoms with Crippen LogP contribution in [0.2, 0.25) is 0 Å². The lowest BCUT2D eigenvalue weighted by atomic mass is 10.1. The molecule has 2 aromatic heterocycles. The van der Waals surface area contributed by atoms with Gasteiger partial charge < -0.3 is 10.3 Å². The van der Waals surface area contributed by atoms with Crippen molar-refractivity contribution in [3.05, 3.63) is 47.3 Å². The summed E-state index contributed by atoms with van der Waals surface area (Å²) in [5, 5.41) is 10.7. The first-order valence-electron chi connectivity index (χ1n) is 6.05. The summed E-state index contributed by atoms with van der Waals surface area (Å²) in [6.07, 6.45) is 1.85. The van der Waals surface area contributed by atoms with Gasteiger partial charge in [0.2, 0.25) is 0 Å². The molecule has 0 fully saturated rings. The summed E-state index contributed by atoms with van der Waals surface area (Å²) in [4.78, 5) is 15.3. The molecule has 3 N–H and O–H groups in total. The number of anilines is 1. The predicted octanol–water partition coefficient (Wildman–Crippen LogP) is 2.76. The van der Waals surface area contributed by atoms with Crippen LogP contribution in [0, 0.1) is 13.8 Å². The summed E-state index contributed by atoms with van der Waals surface area (Å²) in [6, 6.07) is 7.49. The predicted molar refractivity (Wildman–Crippen MR) is 74.3 cm³/mol. The molecule has 0 atom stereocenters. The molecule has 1 aromatic carbocycles. The van der Waals surface area contributed by atoms with Crippen molar-refractivity contribution in [2.75, 3.05) is 5.32 Å². The fourth-order valence-corrected chi connectivity index (χ4v) is 1.98. The van der Waals surface area contributed by atoms with Gasteiger partial charge in [-0.25, -0.2) is 0 Å². The molecule has 0 saturated carbocycles. The lowest BCUT2D eigenvalue weighted by Crippen LogP contribution is -2.12. The maximum absolute atomic E-state index is 12.2. The average molecular weight is 254 g/mol. The fraction of sp³-hybridized carbons (Fsp3) is 0.143. The van der Waals surface area contributed by atoms with E-state index in [0.717, 1.165) is 22.2 Å². The number of hydrogen-bond donors (Lipinski definition) is 3. The Morgan fingerprint density at radius 3 is 2.84 bits per heavy atom. The van der Waals surface area contributed by atoms with Crippen molar-refractivity contribution in [3.8, 4) is 0 Å². The third-order valence-electron chi connectivity index (χ3n) is 3.30. The van der Waals surface area contributed by atoms with E-state index in [1.165, 1.54) is 0 Å². The number of aryl methyl sites for hydroxylation is 1. The highest BCUT2D eigenvalue weighted by Gasteiger charge is 2.11. The molecule has 5 heteroatoms. The van der Waals surface area contributed by atoms with Crippen molar-refractivity contribution in [1.82, 2.24) is 15.2 Å². The average Bonchev–Trinajstić information content (AvgIpc) is 2.99. The summed E-state index contributed by atoms with van der Waals surface area (Å²) < 4.78 is 0. The molecule has 0 bridgehead atoms. The zero-order valence-electron chi connectivity index (χ0n) is 10.7. The molecule has 3 rings (SSSR count). The molecule has 0 spiro atoms. The van der Waals surface area contributed by atoms with Gasteiger partial charge in [-0.3, -0.25) is 9.89 Å². The molecule has 0 aliphatic heterocycles. The Kier molecular flexibility index (Phi) is 2.59. The molecule has 0 unspecified atom stereocenters. The van der Waals surface area contributed by atoms with Crippen LogP contribution >= 0.6 is 0 Å². The molecule has 0 saturated heterocycles. The van der Waals surface area contributed by atoms with Crippen molar-refractivity contribution in [1.29, 1.82) is 0 Å². The molecule has 0 aliphatic rings. The lowest BCUT2D eigenvalue weighted by molar-refractivity contribution is 0.102. The minimum absolute atomic E-state index is 0.155.